The molecule has 0 bridgehead atoms. The molecular formula is C13H12N2O4. The average molecular weight is 260 g/mol. The minimum Gasteiger partial charge on any atom is -0.478 e. The predicted molar refractivity (Wildman–Crippen MR) is 67.4 cm³/mol. The lowest BCUT2D eigenvalue weighted by atomic mass is 9.98. The number of aromatic amines is 1. The largest absolute Gasteiger partial charge is 0.478 e. The molecule has 2 aromatic rings. The number of carboxylic acid groups (broad SMARTS) is 2. The number of nitrogens with zero attached hydrogens (tertiary/aromatic N) is 1. The summed E-state index contributed by atoms with van der Waals surface area (Å²) in [5.74, 6) is -2.13. The van der Waals surface area contributed by atoms with Crippen LogP contribution in [0.4, 0.5) is 0 Å². The van der Waals surface area contributed by atoms with Crippen LogP contribution in [0.3, 0.4) is 0 Å². The Balaban J connectivity index is 2.57. The molecule has 0 aliphatic carbocycles. The van der Waals surface area contributed by atoms with E-state index in [0.717, 1.165) is 5.56 Å². The first-order chi connectivity index (χ1) is 8.90. The zero-order valence-electron chi connectivity index (χ0n) is 10.4. The minimum absolute atomic E-state index is 0.0353. The maximum absolute atomic E-state index is 11.1. The van der Waals surface area contributed by atoms with Crippen molar-refractivity contribution in [3.05, 3.63) is 40.6 Å². The minimum atomic E-state index is -1.11. The average Bonchev–Trinajstić information content (AvgIpc) is 2.77. The molecule has 0 radical (unpaired) electrons. The number of aromatic carboxylic acids is 2. The van der Waals surface area contributed by atoms with Crippen molar-refractivity contribution in [1.82, 2.24) is 10.2 Å². The number of aromatic nitrogens is 2. The van der Waals surface area contributed by atoms with Gasteiger partial charge in [-0.25, -0.2) is 9.59 Å². The molecule has 19 heavy (non-hydrogen) atoms. The van der Waals surface area contributed by atoms with Crippen molar-refractivity contribution in [3.63, 3.8) is 0 Å². The molecule has 6 nitrogen and oxygen atoms in total. The van der Waals surface area contributed by atoms with Gasteiger partial charge in [-0.05, 0) is 37.1 Å². The second kappa shape index (κ2) is 4.56. The highest BCUT2D eigenvalue weighted by Gasteiger charge is 2.15. The maximum atomic E-state index is 11.1. The number of nitrogens with one attached hydrogen (secondary N) is 1. The summed E-state index contributed by atoms with van der Waals surface area (Å²) in [7, 11) is 0. The van der Waals surface area contributed by atoms with Gasteiger partial charge in [0.15, 0.2) is 0 Å². The van der Waals surface area contributed by atoms with Crippen LogP contribution in [0.2, 0.25) is 0 Å². The van der Waals surface area contributed by atoms with E-state index in [1.807, 2.05) is 6.92 Å². The van der Waals surface area contributed by atoms with Crippen LogP contribution in [-0.2, 0) is 0 Å². The van der Waals surface area contributed by atoms with Crippen LogP contribution >= 0.6 is 0 Å². The molecule has 3 N–H and O–H groups in total. The molecule has 0 spiro atoms. The summed E-state index contributed by atoms with van der Waals surface area (Å²) < 4.78 is 0. The zero-order chi connectivity index (χ0) is 14.2. The van der Waals surface area contributed by atoms with Gasteiger partial charge < -0.3 is 10.2 Å². The Labute approximate surface area is 108 Å². The molecule has 1 heterocycles. The van der Waals surface area contributed by atoms with Crippen molar-refractivity contribution in [2.24, 2.45) is 0 Å². The van der Waals surface area contributed by atoms with E-state index in [1.165, 1.54) is 12.1 Å². The van der Waals surface area contributed by atoms with E-state index in [1.54, 1.807) is 13.0 Å². The van der Waals surface area contributed by atoms with Crippen molar-refractivity contribution in [3.8, 4) is 11.3 Å². The van der Waals surface area contributed by atoms with Gasteiger partial charge in [0.2, 0.25) is 0 Å². The SMILES string of the molecule is Cc1cc(C)c(-c2cc(C(=O)O)[nH]n2)cc1C(=O)O. The number of benzene rings is 1. The monoisotopic (exact) mass is 260 g/mol. The van der Waals surface area contributed by atoms with Crippen LogP contribution in [0, 0.1) is 13.8 Å². The highest BCUT2D eigenvalue weighted by atomic mass is 16.4. The second-order valence-electron chi connectivity index (χ2n) is 4.26. The van der Waals surface area contributed by atoms with Crippen molar-refractivity contribution in [2.45, 2.75) is 13.8 Å². The number of carboxylic acids is 2. The Morgan fingerprint density at radius 1 is 1.05 bits per heavy atom. The highest BCUT2D eigenvalue weighted by molar-refractivity contribution is 5.92. The van der Waals surface area contributed by atoms with Crippen LogP contribution < -0.4 is 0 Å². The Morgan fingerprint density at radius 3 is 2.26 bits per heavy atom. The molecular weight excluding hydrogens is 248 g/mol. The quantitative estimate of drug-likeness (QED) is 0.784. The van der Waals surface area contributed by atoms with Crippen LogP contribution in [0.1, 0.15) is 32.0 Å². The lowest BCUT2D eigenvalue weighted by molar-refractivity contribution is 0.0682. The first-order valence-electron chi connectivity index (χ1n) is 5.53. The van der Waals surface area contributed by atoms with E-state index in [0.29, 0.717) is 16.8 Å². The van der Waals surface area contributed by atoms with Crippen molar-refractivity contribution in [2.75, 3.05) is 0 Å². The van der Waals surface area contributed by atoms with Gasteiger partial charge in [-0.15, -0.1) is 0 Å². The molecule has 6 heteroatoms. The molecule has 0 saturated carbocycles. The molecule has 0 aliphatic heterocycles. The summed E-state index contributed by atoms with van der Waals surface area (Å²) in [5, 5.41) is 24.2. The lowest BCUT2D eigenvalue weighted by Crippen LogP contribution is -2.01. The van der Waals surface area contributed by atoms with Gasteiger partial charge in [-0.2, -0.15) is 5.10 Å². The fourth-order valence-corrected chi connectivity index (χ4v) is 1.93. The Morgan fingerprint density at radius 2 is 1.74 bits per heavy atom. The third-order valence-electron chi connectivity index (χ3n) is 2.89. The molecule has 0 saturated heterocycles. The maximum Gasteiger partial charge on any atom is 0.353 e. The van der Waals surface area contributed by atoms with E-state index < -0.39 is 11.9 Å². The fourth-order valence-electron chi connectivity index (χ4n) is 1.93. The van der Waals surface area contributed by atoms with E-state index in [4.69, 9.17) is 10.2 Å². The molecule has 0 fully saturated rings. The van der Waals surface area contributed by atoms with Gasteiger partial charge in [0.25, 0.3) is 0 Å². The lowest BCUT2D eigenvalue weighted by Gasteiger charge is -2.07. The first-order valence-corrected chi connectivity index (χ1v) is 5.53. The van der Waals surface area contributed by atoms with E-state index >= 15 is 0 Å². The Hall–Kier alpha value is -2.63. The predicted octanol–water partition coefficient (Wildman–Crippen LogP) is 2.09. The topological polar surface area (TPSA) is 103 Å². The van der Waals surface area contributed by atoms with Crippen LogP contribution in [-0.4, -0.2) is 32.3 Å². The number of hydrogen-bond donors (Lipinski definition) is 3. The molecule has 0 aliphatic rings. The molecule has 1 aromatic heterocycles. The van der Waals surface area contributed by atoms with Gasteiger partial charge in [0.1, 0.15) is 5.69 Å². The molecule has 0 atom stereocenters. The molecule has 1 aromatic carbocycles. The van der Waals surface area contributed by atoms with Crippen LogP contribution in [0.15, 0.2) is 18.2 Å². The second-order valence-corrected chi connectivity index (χ2v) is 4.26. The molecule has 0 amide bonds. The zero-order valence-corrected chi connectivity index (χ0v) is 10.4. The van der Waals surface area contributed by atoms with Gasteiger partial charge in [-0.3, -0.25) is 5.10 Å². The standard InChI is InChI=1S/C13H12N2O4/c1-6-3-7(2)9(12(16)17)4-8(6)10-5-11(13(18)19)15-14-10/h3-5H,1-2H3,(H,14,15)(H,16,17)(H,18,19). The summed E-state index contributed by atoms with van der Waals surface area (Å²) >= 11 is 0. The summed E-state index contributed by atoms with van der Waals surface area (Å²) in [6.07, 6.45) is 0. The summed E-state index contributed by atoms with van der Waals surface area (Å²) in [6, 6.07) is 4.63. The van der Waals surface area contributed by atoms with Gasteiger partial charge >= 0.3 is 11.9 Å². The van der Waals surface area contributed by atoms with Crippen molar-refractivity contribution < 1.29 is 19.8 Å². The summed E-state index contributed by atoms with van der Waals surface area (Å²) in [6.45, 7) is 3.54. The number of hydrogen-bond acceptors (Lipinski definition) is 3. The van der Waals surface area contributed by atoms with Gasteiger partial charge in [0.05, 0.1) is 11.3 Å². The van der Waals surface area contributed by atoms with E-state index in [2.05, 4.69) is 10.2 Å². The van der Waals surface area contributed by atoms with Gasteiger partial charge in [-0.1, -0.05) is 6.07 Å². The van der Waals surface area contributed by atoms with E-state index in [-0.39, 0.29) is 11.3 Å². The van der Waals surface area contributed by atoms with Crippen molar-refractivity contribution in [1.29, 1.82) is 0 Å². The van der Waals surface area contributed by atoms with E-state index in [9.17, 15) is 9.59 Å². The number of rotatable bonds is 3. The fraction of sp³-hybridized carbons (Fsp3) is 0.154. The Kier molecular flexibility index (Phi) is 3.08. The highest BCUT2D eigenvalue weighted by Crippen LogP contribution is 2.25. The summed E-state index contributed by atoms with van der Waals surface area (Å²) in [5.41, 5.74) is 2.66. The third kappa shape index (κ3) is 2.33. The third-order valence-corrected chi connectivity index (χ3v) is 2.89. The first kappa shape index (κ1) is 12.8. The summed E-state index contributed by atoms with van der Waals surface area (Å²) in [4.78, 5) is 21.9. The van der Waals surface area contributed by atoms with Crippen LogP contribution in [0.25, 0.3) is 11.3 Å². The molecule has 2 rings (SSSR count). The molecule has 98 valence electrons. The smallest absolute Gasteiger partial charge is 0.353 e. The van der Waals surface area contributed by atoms with Gasteiger partial charge in [0, 0.05) is 5.56 Å². The van der Waals surface area contributed by atoms with Crippen molar-refractivity contribution >= 4 is 11.9 Å². The number of carbonyl (C=O) groups is 2. The normalized spacial score (nSPS) is 10.4. The Bertz CT molecular complexity index is 673. The number of H-pyrrole nitrogens is 1. The molecule has 0 unspecified atom stereocenters. The number of aryl methyl sites for hydroxylation is 2. The van der Waals surface area contributed by atoms with Crippen LogP contribution in [0.5, 0.6) is 0 Å².